The summed E-state index contributed by atoms with van der Waals surface area (Å²) in [5.74, 6) is 0. The molecule has 2 nitrogen and oxygen atoms in total. The van der Waals surface area contributed by atoms with Crippen molar-refractivity contribution in [3.8, 4) is 0 Å². The Labute approximate surface area is 61.2 Å². The van der Waals surface area contributed by atoms with Gasteiger partial charge in [0.15, 0.2) is 0 Å². The lowest BCUT2D eigenvalue weighted by atomic mass is 10.1. The van der Waals surface area contributed by atoms with Crippen LogP contribution in [0.2, 0.25) is 0 Å². The van der Waals surface area contributed by atoms with E-state index in [0.717, 1.165) is 24.8 Å². The molecule has 0 spiro atoms. The fourth-order valence-electron chi connectivity index (χ4n) is 1.34. The van der Waals surface area contributed by atoms with E-state index in [1.165, 1.54) is 0 Å². The minimum absolute atomic E-state index is 0.191. The highest BCUT2D eigenvalue weighted by Gasteiger charge is 2.16. The van der Waals surface area contributed by atoms with Crippen molar-refractivity contribution < 1.29 is 10.2 Å². The molecule has 0 heterocycles. The Hall–Kier alpha value is -0.340. The summed E-state index contributed by atoms with van der Waals surface area (Å²) in [6.07, 6.45) is 5.44. The second-order valence-corrected chi connectivity index (χ2v) is 2.70. The number of aliphatic hydroxyl groups is 2. The van der Waals surface area contributed by atoms with Gasteiger partial charge in [-0.1, -0.05) is 6.08 Å². The van der Waals surface area contributed by atoms with E-state index in [-0.39, 0.29) is 12.7 Å². The predicted molar refractivity (Wildman–Crippen MR) is 39.6 cm³/mol. The van der Waals surface area contributed by atoms with Gasteiger partial charge in [-0.25, -0.2) is 0 Å². The molecule has 0 aromatic carbocycles. The lowest BCUT2D eigenvalue weighted by molar-refractivity contribution is 0.217. The van der Waals surface area contributed by atoms with Crippen molar-refractivity contribution in [2.75, 3.05) is 6.61 Å². The molecule has 0 aliphatic heterocycles. The van der Waals surface area contributed by atoms with Crippen molar-refractivity contribution >= 4 is 0 Å². The van der Waals surface area contributed by atoms with Crippen LogP contribution in [0.15, 0.2) is 11.6 Å². The summed E-state index contributed by atoms with van der Waals surface area (Å²) in [7, 11) is 0. The SMILES string of the molecule is OCC/C=C1/CCCC1O. The van der Waals surface area contributed by atoms with Gasteiger partial charge in [-0.3, -0.25) is 0 Å². The fourth-order valence-corrected chi connectivity index (χ4v) is 1.34. The molecule has 0 amide bonds. The van der Waals surface area contributed by atoms with Crippen LogP contribution in [-0.2, 0) is 0 Å². The van der Waals surface area contributed by atoms with Gasteiger partial charge in [-0.15, -0.1) is 0 Å². The van der Waals surface area contributed by atoms with Gasteiger partial charge in [0.25, 0.3) is 0 Å². The first-order valence-electron chi connectivity index (χ1n) is 3.82. The third kappa shape index (κ3) is 1.82. The van der Waals surface area contributed by atoms with E-state index < -0.39 is 0 Å². The third-order valence-corrected chi connectivity index (χ3v) is 1.91. The molecular formula is C8H14O2. The second-order valence-electron chi connectivity index (χ2n) is 2.70. The van der Waals surface area contributed by atoms with Crippen LogP contribution in [0.25, 0.3) is 0 Å². The van der Waals surface area contributed by atoms with Crippen LogP contribution in [0, 0.1) is 0 Å². The molecule has 1 fully saturated rings. The van der Waals surface area contributed by atoms with E-state index in [0.29, 0.717) is 6.42 Å². The molecule has 2 N–H and O–H groups in total. The number of hydrogen-bond donors (Lipinski definition) is 2. The van der Waals surface area contributed by atoms with Crippen molar-refractivity contribution in [2.24, 2.45) is 0 Å². The molecule has 0 aromatic heterocycles. The Morgan fingerprint density at radius 2 is 2.40 bits per heavy atom. The minimum atomic E-state index is -0.216. The molecule has 10 heavy (non-hydrogen) atoms. The molecule has 2 heteroatoms. The molecule has 0 aromatic rings. The summed E-state index contributed by atoms with van der Waals surface area (Å²) >= 11 is 0. The Morgan fingerprint density at radius 1 is 1.60 bits per heavy atom. The Bertz CT molecular complexity index is 129. The van der Waals surface area contributed by atoms with Crippen molar-refractivity contribution in [2.45, 2.75) is 31.8 Å². The summed E-state index contributed by atoms with van der Waals surface area (Å²) in [4.78, 5) is 0. The zero-order chi connectivity index (χ0) is 7.40. The Balaban J connectivity index is 2.38. The van der Waals surface area contributed by atoms with Gasteiger partial charge in [0.1, 0.15) is 0 Å². The average Bonchev–Trinajstić information content (AvgIpc) is 2.31. The maximum Gasteiger partial charge on any atom is 0.0750 e. The second kappa shape index (κ2) is 3.74. The van der Waals surface area contributed by atoms with E-state index in [9.17, 15) is 5.11 Å². The maximum atomic E-state index is 9.27. The van der Waals surface area contributed by atoms with E-state index in [4.69, 9.17) is 5.11 Å². The average molecular weight is 142 g/mol. The van der Waals surface area contributed by atoms with Crippen molar-refractivity contribution in [1.29, 1.82) is 0 Å². The van der Waals surface area contributed by atoms with Crippen LogP contribution >= 0.6 is 0 Å². The first kappa shape index (κ1) is 7.76. The molecule has 1 atom stereocenters. The zero-order valence-corrected chi connectivity index (χ0v) is 6.08. The molecule has 0 radical (unpaired) electrons. The van der Waals surface area contributed by atoms with Crippen molar-refractivity contribution in [3.63, 3.8) is 0 Å². The Morgan fingerprint density at radius 3 is 2.90 bits per heavy atom. The zero-order valence-electron chi connectivity index (χ0n) is 6.08. The molecule has 1 aliphatic rings. The summed E-state index contributed by atoms with van der Waals surface area (Å²) in [5, 5.41) is 17.8. The minimum Gasteiger partial charge on any atom is -0.396 e. The van der Waals surface area contributed by atoms with Crippen LogP contribution < -0.4 is 0 Å². The quantitative estimate of drug-likeness (QED) is 0.561. The molecule has 0 saturated heterocycles. The Kier molecular flexibility index (Phi) is 2.90. The predicted octanol–water partition coefficient (Wildman–Crippen LogP) is 0.840. The van der Waals surface area contributed by atoms with Crippen LogP contribution in [-0.4, -0.2) is 22.9 Å². The molecule has 1 rings (SSSR count). The van der Waals surface area contributed by atoms with E-state index in [2.05, 4.69) is 0 Å². The molecule has 1 unspecified atom stereocenters. The fraction of sp³-hybridized carbons (Fsp3) is 0.750. The van der Waals surface area contributed by atoms with E-state index >= 15 is 0 Å². The number of rotatable bonds is 2. The smallest absolute Gasteiger partial charge is 0.0750 e. The van der Waals surface area contributed by atoms with Gasteiger partial charge in [0.05, 0.1) is 6.10 Å². The topological polar surface area (TPSA) is 40.5 Å². The van der Waals surface area contributed by atoms with Crippen LogP contribution in [0.4, 0.5) is 0 Å². The highest BCUT2D eigenvalue weighted by Crippen LogP contribution is 2.24. The maximum absolute atomic E-state index is 9.27. The van der Waals surface area contributed by atoms with Crippen LogP contribution in [0.3, 0.4) is 0 Å². The highest BCUT2D eigenvalue weighted by molar-refractivity contribution is 5.11. The third-order valence-electron chi connectivity index (χ3n) is 1.91. The number of aliphatic hydroxyl groups excluding tert-OH is 2. The van der Waals surface area contributed by atoms with Gasteiger partial charge < -0.3 is 10.2 Å². The van der Waals surface area contributed by atoms with Crippen LogP contribution in [0.5, 0.6) is 0 Å². The monoisotopic (exact) mass is 142 g/mol. The van der Waals surface area contributed by atoms with Gasteiger partial charge >= 0.3 is 0 Å². The molecule has 1 saturated carbocycles. The molecular weight excluding hydrogens is 128 g/mol. The highest BCUT2D eigenvalue weighted by atomic mass is 16.3. The van der Waals surface area contributed by atoms with Crippen molar-refractivity contribution in [3.05, 3.63) is 11.6 Å². The normalized spacial score (nSPS) is 29.8. The molecule has 0 bridgehead atoms. The van der Waals surface area contributed by atoms with Gasteiger partial charge in [0, 0.05) is 6.61 Å². The first-order valence-corrected chi connectivity index (χ1v) is 3.82. The lowest BCUT2D eigenvalue weighted by Gasteiger charge is -2.01. The molecule has 58 valence electrons. The van der Waals surface area contributed by atoms with Gasteiger partial charge in [-0.05, 0) is 31.3 Å². The summed E-state index contributed by atoms with van der Waals surface area (Å²) < 4.78 is 0. The van der Waals surface area contributed by atoms with Gasteiger partial charge in [0.2, 0.25) is 0 Å². The van der Waals surface area contributed by atoms with E-state index in [1.807, 2.05) is 6.08 Å². The largest absolute Gasteiger partial charge is 0.396 e. The van der Waals surface area contributed by atoms with E-state index in [1.54, 1.807) is 0 Å². The first-order chi connectivity index (χ1) is 4.84. The lowest BCUT2D eigenvalue weighted by Crippen LogP contribution is -2.01. The standard InChI is InChI=1S/C8H14O2/c9-6-2-4-7-3-1-5-8(7)10/h4,8-10H,1-3,5-6H2/b7-4-. The molecule has 1 aliphatic carbocycles. The van der Waals surface area contributed by atoms with Gasteiger partial charge in [-0.2, -0.15) is 0 Å². The summed E-state index contributed by atoms with van der Waals surface area (Å²) in [5.41, 5.74) is 1.12. The summed E-state index contributed by atoms with van der Waals surface area (Å²) in [6.45, 7) is 0.191. The van der Waals surface area contributed by atoms with Crippen molar-refractivity contribution in [1.82, 2.24) is 0 Å². The summed E-state index contributed by atoms with van der Waals surface area (Å²) in [6, 6.07) is 0. The number of hydrogen-bond acceptors (Lipinski definition) is 2. The van der Waals surface area contributed by atoms with Crippen LogP contribution in [0.1, 0.15) is 25.7 Å².